The molecule has 0 radical (unpaired) electrons. The van der Waals surface area contributed by atoms with E-state index in [1.54, 1.807) is 0 Å². The van der Waals surface area contributed by atoms with Gasteiger partial charge in [0.25, 0.3) is 5.91 Å². The maximum Gasteiger partial charge on any atom is 0.430 e. The van der Waals surface area contributed by atoms with Crippen LogP contribution in [0.5, 0.6) is 0 Å². The smallest absolute Gasteiger partial charge is 0.365 e. The first-order chi connectivity index (χ1) is 4.13. The van der Waals surface area contributed by atoms with E-state index in [0.29, 0.717) is 6.21 Å². The predicted molar refractivity (Wildman–Crippen MR) is 28.4 cm³/mol. The van der Waals surface area contributed by atoms with E-state index in [1.165, 1.54) is 0 Å². The number of amides is 2. The lowest BCUT2D eigenvalue weighted by molar-refractivity contribution is -0.111. The van der Waals surface area contributed by atoms with E-state index in [0.717, 1.165) is 0 Å². The summed E-state index contributed by atoms with van der Waals surface area (Å²) in [6, 6.07) is 0. The highest BCUT2D eigenvalue weighted by molar-refractivity contribution is 6.25. The van der Waals surface area contributed by atoms with Crippen molar-refractivity contribution in [2.75, 3.05) is 0 Å². The maximum atomic E-state index is 9.82. The number of nitrogens with zero attached hydrogens (tertiary/aromatic N) is 1. The van der Waals surface area contributed by atoms with Gasteiger partial charge in [-0.1, -0.05) is 5.16 Å². The topological polar surface area (TPSA) is 108 Å². The van der Waals surface area contributed by atoms with Crippen LogP contribution in [0.2, 0.25) is 0 Å². The fourth-order valence-corrected chi connectivity index (χ4v) is 0.130. The molecular formula is C3H5N3O3. The molecule has 0 atom stereocenters. The molecule has 0 aromatic rings. The van der Waals surface area contributed by atoms with Gasteiger partial charge in [-0.25, -0.2) is 4.79 Å². The summed E-state index contributed by atoms with van der Waals surface area (Å²) in [6.07, 6.45) is -0.461. The Kier molecular flexibility index (Phi) is 2.81. The van der Waals surface area contributed by atoms with Gasteiger partial charge in [0.05, 0.1) is 0 Å². The molecule has 0 saturated carbocycles. The quantitative estimate of drug-likeness (QED) is 0.272. The van der Waals surface area contributed by atoms with E-state index in [4.69, 9.17) is 0 Å². The van der Waals surface area contributed by atoms with Crippen molar-refractivity contribution < 1.29 is 14.4 Å². The highest BCUT2D eigenvalue weighted by Gasteiger charge is 1.88. The minimum atomic E-state index is -1.09. The Hall–Kier alpha value is -1.59. The molecule has 0 saturated heterocycles. The van der Waals surface area contributed by atoms with Gasteiger partial charge >= 0.3 is 6.09 Å². The Morgan fingerprint density at radius 3 is 2.33 bits per heavy atom. The molecule has 4 N–H and O–H groups in total. The van der Waals surface area contributed by atoms with Crippen LogP contribution >= 0.6 is 0 Å². The summed E-state index contributed by atoms with van der Waals surface area (Å²) in [4.78, 5) is 23.3. The van der Waals surface area contributed by atoms with Crippen molar-refractivity contribution in [1.82, 2.24) is 0 Å². The van der Waals surface area contributed by atoms with Gasteiger partial charge in [0.15, 0.2) is 0 Å². The van der Waals surface area contributed by atoms with Crippen LogP contribution in [0.1, 0.15) is 0 Å². The van der Waals surface area contributed by atoms with Gasteiger partial charge in [-0.2, -0.15) is 0 Å². The van der Waals surface area contributed by atoms with Crippen LogP contribution in [-0.4, -0.2) is 18.2 Å². The molecule has 2 amide bonds. The number of nitrogens with two attached hydrogens (primary N) is 2. The fraction of sp³-hybridized carbons (Fsp3) is 0. The zero-order valence-electron chi connectivity index (χ0n) is 4.40. The molecule has 0 aromatic carbocycles. The third-order valence-corrected chi connectivity index (χ3v) is 0.323. The lowest BCUT2D eigenvalue weighted by Gasteiger charge is -1.84. The summed E-state index contributed by atoms with van der Waals surface area (Å²) in [6.45, 7) is 0. The van der Waals surface area contributed by atoms with Crippen LogP contribution in [0.25, 0.3) is 0 Å². The van der Waals surface area contributed by atoms with Gasteiger partial charge in [0, 0.05) is 0 Å². The number of carbonyl (C=O) groups is 2. The first-order valence-corrected chi connectivity index (χ1v) is 1.92. The largest absolute Gasteiger partial charge is 0.430 e. The van der Waals surface area contributed by atoms with Crippen molar-refractivity contribution >= 4 is 18.2 Å². The normalized spacial score (nSPS) is 9.33. The van der Waals surface area contributed by atoms with Gasteiger partial charge in [0.1, 0.15) is 6.21 Å². The lowest BCUT2D eigenvalue weighted by Crippen LogP contribution is -2.14. The molecule has 0 spiro atoms. The second-order valence-electron chi connectivity index (χ2n) is 1.05. The summed E-state index contributed by atoms with van der Waals surface area (Å²) < 4.78 is 0. The Morgan fingerprint density at radius 1 is 1.44 bits per heavy atom. The highest BCUT2D eigenvalue weighted by Crippen LogP contribution is 1.69. The van der Waals surface area contributed by atoms with Gasteiger partial charge in [0.2, 0.25) is 0 Å². The Balaban J connectivity index is 3.48. The zero-order valence-corrected chi connectivity index (χ0v) is 4.40. The fourth-order valence-electron chi connectivity index (χ4n) is 0.130. The van der Waals surface area contributed by atoms with Crippen molar-refractivity contribution in [3.63, 3.8) is 0 Å². The minimum absolute atomic E-state index is 0.630. The minimum Gasteiger partial charge on any atom is -0.365 e. The summed E-state index contributed by atoms with van der Waals surface area (Å²) in [5.74, 6) is -0.809. The van der Waals surface area contributed by atoms with Gasteiger partial charge in [-0.05, 0) is 0 Å². The molecule has 50 valence electrons. The van der Waals surface area contributed by atoms with Crippen LogP contribution in [0.3, 0.4) is 0 Å². The number of rotatable bonds is 2. The van der Waals surface area contributed by atoms with Crippen molar-refractivity contribution in [3.8, 4) is 0 Å². The molecule has 0 aromatic heterocycles. The summed E-state index contributed by atoms with van der Waals surface area (Å²) >= 11 is 0. The summed E-state index contributed by atoms with van der Waals surface area (Å²) in [5.41, 5.74) is 9.01. The van der Waals surface area contributed by atoms with Gasteiger partial charge < -0.3 is 11.5 Å². The first kappa shape index (κ1) is 7.41. The lowest BCUT2D eigenvalue weighted by atomic mass is 10.7. The molecule has 0 rings (SSSR count). The Labute approximate surface area is 50.4 Å². The van der Waals surface area contributed by atoms with Gasteiger partial charge in [-0.3, -0.25) is 9.63 Å². The highest BCUT2D eigenvalue weighted by atomic mass is 16.7. The van der Waals surface area contributed by atoms with Gasteiger partial charge in [-0.15, -0.1) is 0 Å². The summed E-state index contributed by atoms with van der Waals surface area (Å²) in [7, 11) is 0. The third-order valence-electron chi connectivity index (χ3n) is 0.323. The molecule has 6 nitrogen and oxygen atoms in total. The SMILES string of the molecule is NC(=O)C=NOC(N)=O. The average molecular weight is 131 g/mol. The molecule has 0 aliphatic carbocycles. The molecular weight excluding hydrogens is 126 g/mol. The molecule has 0 aliphatic rings. The van der Waals surface area contributed by atoms with E-state index in [1.807, 2.05) is 0 Å². The van der Waals surface area contributed by atoms with Crippen molar-refractivity contribution in [2.45, 2.75) is 0 Å². The number of hydrogen-bond donors (Lipinski definition) is 2. The van der Waals surface area contributed by atoms with Crippen LogP contribution < -0.4 is 11.5 Å². The monoisotopic (exact) mass is 131 g/mol. The van der Waals surface area contributed by atoms with E-state index >= 15 is 0 Å². The van der Waals surface area contributed by atoms with Crippen LogP contribution in [0.15, 0.2) is 5.16 Å². The second-order valence-corrected chi connectivity index (χ2v) is 1.05. The Morgan fingerprint density at radius 2 is 2.00 bits per heavy atom. The molecule has 9 heavy (non-hydrogen) atoms. The third kappa shape index (κ3) is 6.41. The maximum absolute atomic E-state index is 9.82. The summed E-state index contributed by atoms with van der Waals surface area (Å²) in [5, 5.41) is 2.80. The van der Waals surface area contributed by atoms with Crippen molar-refractivity contribution in [3.05, 3.63) is 0 Å². The molecule has 0 aliphatic heterocycles. The first-order valence-electron chi connectivity index (χ1n) is 1.92. The van der Waals surface area contributed by atoms with E-state index in [-0.39, 0.29) is 0 Å². The molecule has 0 fully saturated rings. The van der Waals surface area contributed by atoms with Crippen LogP contribution in [0.4, 0.5) is 4.79 Å². The Bertz CT molecular complexity index is 152. The standard InChI is InChI=1S/C3H5N3O3/c4-2(7)1-6-9-3(5)8/h1H,(H2,4,7)(H2,5,8). The number of carbonyl (C=O) groups excluding carboxylic acids is 2. The number of primary amides is 2. The van der Waals surface area contributed by atoms with Crippen LogP contribution in [0, 0.1) is 0 Å². The second kappa shape index (κ2) is 3.42. The van der Waals surface area contributed by atoms with E-state index < -0.39 is 12.0 Å². The van der Waals surface area contributed by atoms with E-state index in [9.17, 15) is 9.59 Å². The average Bonchev–Trinajstić information content (AvgIpc) is 1.63. The van der Waals surface area contributed by atoms with Crippen molar-refractivity contribution in [2.24, 2.45) is 16.6 Å². The molecule has 0 heterocycles. The molecule has 0 unspecified atom stereocenters. The van der Waals surface area contributed by atoms with E-state index in [2.05, 4.69) is 21.5 Å². The zero-order chi connectivity index (χ0) is 7.28. The predicted octanol–water partition coefficient (Wildman–Crippen LogP) is -1.45. The number of oxime groups is 1. The molecule has 6 heteroatoms. The van der Waals surface area contributed by atoms with Crippen LogP contribution in [-0.2, 0) is 9.63 Å². The molecule has 0 bridgehead atoms. The van der Waals surface area contributed by atoms with Crippen molar-refractivity contribution in [1.29, 1.82) is 0 Å². The number of hydrogen-bond acceptors (Lipinski definition) is 4.